The maximum absolute atomic E-state index is 12.6. The topological polar surface area (TPSA) is 50.9 Å². The molecule has 0 aliphatic carbocycles. The molecule has 1 heterocycles. The van der Waals surface area contributed by atoms with Gasteiger partial charge in [-0.15, -0.1) is 0 Å². The van der Waals surface area contributed by atoms with E-state index in [0.717, 1.165) is 6.07 Å². The molecule has 0 aromatic carbocycles. The van der Waals surface area contributed by atoms with Crippen LogP contribution in [0.3, 0.4) is 0 Å². The molecule has 1 atom stereocenters. The van der Waals surface area contributed by atoms with E-state index in [9.17, 15) is 13.2 Å². The second kappa shape index (κ2) is 5.16. The van der Waals surface area contributed by atoms with Crippen LogP contribution in [0.15, 0.2) is 18.3 Å². The van der Waals surface area contributed by atoms with E-state index in [4.69, 9.17) is 5.73 Å². The molecule has 0 saturated carbocycles. The van der Waals surface area contributed by atoms with Gasteiger partial charge >= 0.3 is 6.18 Å². The predicted octanol–water partition coefficient (Wildman–Crippen LogP) is 2.25. The average Bonchev–Trinajstić information content (AvgIpc) is 2.25. The summed E-state index contributed by atoms with van der Waals surface area (Å²) in [7, 11) is 0. The Bertz CT molecular complexity index is 334. The van der Waals surface area contributed by atoms with Crippen molar-refractivity contribution in [1.82, 2.24) is 4.98 Å². The van der Waals surface area contributed by atoms with Gasteiger partial charge in [-0.05, 0) is 18.6 Å². The zero-order valence-corrected chi connectivity index (χ0v) is 8.88. The van der Waals surface area contributed by atoms with Crippen LogP contribution < -0.4 is 11.1 Å². The molecule has 0 radical (unpaired) electrons. The van der Waals surface area contributed by atoms with Crippen molar-refractivity contribution < 1.29 is 13.2 Å². The molecule has 1 unspecified atom stereocenters. The lowest BCUT2D eigenvalue weighted by molar-refractivity contribution is -0.137. The van der Waals surface area contributed by atoms with Gasteiger partial charge in [0.2, 0.25) is 0 Å². The molecule has 6 heteroatoms. The van der Waals surface area contributed by atoms with Crippen molar-refractivity contribution in [3.05, 3.63) is 23.9 Å². The Morgan fingerprint density at radius 1 is 1.50 bits per heavy atom. The molecule has 3 N–H and O–H groups in total. The maximum atomic E-state index is 12.6. The second-order valence-electron chi connectivity index (χ2n) is 3.38. The summed E-state index contributed by atoms with van der Waals surface area (Å²) in [5.74, 6) is -0.160. The van der Waals surface area contributed by atoms with Gasteiger partial charge in [0.05, 0.1) is 5.56 Å². The Kier molecular flexibility index (Phi) is 4.12. The van der Waals surface area contributed by atoms with Crippen LogP contribution in [0.5, 0.6) is 0 Å². The van der Waals surface area contributed by atoms with Crippen LogP contribution >= 0.6 is 0 Å². The highest BCUT2D eigenvalue weighted by Crippen LogP contribution is 2.33. The highest BCUT2D eigenvalue weighted by molar-refractivity contribution is 5.46. The first-order chi connectivity index (χ1) is 7.49. The van der Waals surface area contributed by atoms with Crippen LogP contribution in [-0.4, -0.2) is 17.6 Å². The summed E-state index contributed by atoms with van der Waals surface area (Å²) in [6.45, 7) is 2.12. The van der Waals surface area contributed by atoms with Gasteiger partial charge in [-0.3, -0.25) is 0 Å². The van der Waals surface area contributed by atoms with Gasteiger partial charge in [0, 0.05) is 18.8 Å². The van der Waals surface area contributed by atoms with E-state index in [2.05, 4.69) is 10.3 Å². The minimum atomic E-state index is -4.40. The third kappa shape index (κ3) is 3.10. The van der Waals surface area contributed by atoms with Gasteiger partial charge in [-0.1, -0.05) is 6.92 Å². The van der Waals surface area contributed by atoms with Crippen LogP contribution in [0.2, 0.25) is 0 Å². The van der Waals surface area contributed by atoms with Crippen molar-refractivity contribution in [3.8, 4) is 0 Å². The maximum Gasteiger partial charge on any atom is 0.419 e. The fourth-order valence-corrected chi connectivity index (χ4v) is 1.27. The molecule has 0 fully saturated rings. The monoisotopic (exact) mass is 233 g/mol. The second-order valence-corrected chi connectivity index (χ2v) is 3.38. The summed E-state index contributed by atoms with van der Waals surface area (Å²) in [5.41, 5.74) is 4.66. The average molecular weight is 233 g/mol. The molecule has 0 aliphatic heterocycles. The van der Waals surface area contributed by atoms with Gasteiger partial charge in [0.25, 0.3) is 0 Å². The molecular formula is C10H14F3N3. The molecule has 0 amide bonds. The molecule has 3 nitrogen and oxygen atoms in total. The van der Waals surface area contributed by atoms with Crippen LogP contribution in [-0.2, 0) is 6.18 Å². The van der Waals surface area contributed by atoms with Crippen molar-refractivity contribution in [1.29, 1.82) is 0 Å². The number of anilines is 1. The number of pyridine rings is 1. The number of aromatic nitrogens is 1. The number of nitrogens with one attached hydrogen (secondary N) is 1. The fraction of sp³-hybridized carbons (Fsp3) is 0.500. The van der Waals surface area contributed by atoms with Gasteiger partial charge in [0.15, 0.2) is 0 Å². The van der Waals surface area contributed by atoms with E-state index in [1.54, 1.807) is 0 Å². The highest BCUT2D eigenvalue weighted by atomic mass is 19.4. The smallest absolute Gasteiger partial charge is 0.366 e. The number of alkyl halides is 3. The lowest BCUT2D eigenvalue weighted by atomic mass is 10.2. The van der Waals surface area contributed by atoms with Gasteiger partial charge in [0.1, 0.15) is 5.82 Å². The van der Waals surface area contributed by atoms with Crippen LogP contribution in [0.4, 0.5) is 19.0 Å². The number of rotatable bonds is 4. The Morgan fingerprint density at radius 3 is 2.69 bits per heavy atom. The summed E-state index contributed by atoms with van der Waals surface area (Å²) in [5, 5.41) is 2.70. The lowest BCUT2D eigenvalue weighted by Crippen LogP contribution is -2.29. The lowest BCUT2D eigenvalue weighted by Gasteiger charge is -2.18. The number of hydrogen-bond donors (Lipinski definition) is 2. The standard InChI is InChI=1S/C10H14F3N3/c1-2-7(6-14)16-9-8(10(11,12)13)4-3-5-15-9/h3-5,7H,2,6,14H2,1H3,(H,15,16). The van der Waals surface area contributed by atoms with Crippen LogP contribution in [0.25, 0.3) is 0 Å². The van der Waals surface area contributed by atoms with Crippen molar-refractivity contribution in [2.75, 3.05) is 11.9 Å². The van der Waals surface area contributed by atoms with Gasteiger partial charge in [-0.25, -0.2) is 4.98 Å². The number of halogens is 3. The minimum Gasteiger partial charge on any atom is -0.366 e. The molecule has 1 aromatic heterocycles. The fourth-order valence-electron chi connectivity index (χ4n) is 1.27. The molecule has 0 bridgehead atoms. The van der Waals surface area contributed by atoms with Crippen LogP contribution in [0.1, 0.15) is 18.9 Å². The normalized spacial score (nSPS) is 13.6. The first kappa shape index (κ1) is 12.8. The van der Waals surface area contributed by atoms with E-state index in [1.807, 2.05) is 6.92 Å². The van der Waals surface area contributed by atoms with Crippen molar-refractivity contribution in [2.24, 2.45) is 5.73 Å². The third-order valence-corrected chi connectivity index (χ3v) is 2.23. The number of nitrogens with zero attached hydrogens (tertiary/aromatic N) is 1. The third-order valence-electron chi connectivity index (χ3n) is 2.23. The summed E-state index contributed by atoms with van der Waals surface area (Å²) in [4.78, 5) is 3.69. The Hall–Kier alpha value is -1.30. The van der Waals surface area contributed by atoms with Crippen molar-refractivity contribution >= 4 is 5.82 Å². The molecule has 1 rings (SSSR count). The molecule has 0 saturated heterocycles. The van der Waals surface area contributed by atoms with E-state index >= 15 is 0 Å². The molecule has 90 valence electrons. The zero-order valence-electron chi connectivity index (χ0n) is 8.88. The summed E-state index contributed by atoms with van der Waals surface area (Å²) in [6.07, 6.45) is -2.44. The van der Waals surface area contributed by atoms with Crippen molar-refractivity contribution in [2.45, 2.75) is 25.6 Å². The van der Waals surface area contributed by atoms with Crippen molar-refractivity contribution in [3.63, 3.8) is 0 Å². The highest BCUT2D eigenvalue weighted by Gasteiger charge is 2.34. The van der Waals surface area contributed by atoms with E-state index < -0.39 is 11.7 Å². The number of nitrogens with two attached hydrogens (primary N) is 1. The largest absolute Gasteiger partial charge is 0.419 e. The molecule has 16 heavy (non-hydrogen) atoms. The quantitative estimate of drug-likeness (QED) is 0.838. The van der Waals surface area contributed by atoms with Gasteiger partial charge in [-0.2, -0.15) is 13.2 Å². The van der Waals surface area contributed by atoms with E-state index in [0.29, 0.717) is 6.42 Å². The van der Waals surface area contributed by atoms with Gasteiger partial charge < -0.3 is 11.1 Å². The SMILES string of the molecule is CCC(CN)Nc1ncccc1C(F)(F)F. The molecule has 0 spiro atoms. The van der Waals surface area contributed by atoms with E-state index in [1.165, 1.54) is 12.3 Å². The first-order valence-electron chi connectivity index (χ1n) is 4.97. The van der Waals surface area contributed by atoms with Crippen LogP contribution in [0, 0.1) is 0 Å². The van der Waals surface area contributed by atoms with E-state index in [-0.39, 0.29) is 18.4 Å². The molecule has 0 aliphatic rings. The number of hydrogen-bond acceptors (Lipinski definition) is 3. The Labute approximate surface area is 91.9 Å². The Morgan fingerprint density at radius 2 is 2.19 bits per heavy atom. The summed E-state index contributed by atoms with van der Waals surface area (Å²) >= 11 is 0. The predicted molar refractivity (Wildman–Crippen MR) is 56.0 cm³/mol. The summed E-state index contributed by atoms with van der Waals surface area (Å²) in [6, 6.07) is 2.06. The zero-order chi connectivity index (χ0) is 12.2. The summed E-state index contributed by atoms with van der Waals surface area (Å²) < 4.78 is 37.8. The Balaban J connectivity index is 2.95. The first-order valence-corrected chi connectivity index (χ1v) is 4.97. The molecular weight excluding hydrogens is 219 g/mol. The molecule has 1 aromatic rings. The minimum absolute atomic E-state index is 0.160.